The lowest BCUT2D eigenvalue weighted by molar-refractivity contribution is 0.284. The molecule has 0 unspecified atom stereocenters. The lowest BCUT2D eigenvalue weighted by Gasteiger charge is -2.26. The van der Waals surface area contributed by atoms with E-state index < -0.39 is 0 Å². The average molecular weight is 343 g/mol. The van der Waals surface area contributed by atoms with E-state index in [-0.39, 0.29) is 13.2 Å². The van der Waals surface area contributed by atoms with Crippen LogP contribution >= 0.6 is 11.8 Å². The highest BCUT2D eigenvalue weighted by molar-refractivity contribution is 7.99. The van der Waals surface area contributed by atoms with Crippen LogP contribution in [0.4, 0.5) is 11.4 Å². The van der Waals surface area contributed by atoms with Crippen LogP contribution in [-0.2, 0) is 12.8 Å². The van der Waals surface area contributed by atoms with Crippen molar-refractivity contribution < 1.29 is 10.2 Å². The number of fused-ring (bicyclic) bond motifs is 2. The standard InChI is InChI=1S/C20H25NO2S/c22-13-5-3-7-15-11-12-16(8-4-6-14-23)20-19(15)21-17-9-1-2-10-18(17)24-20/h1-2,9-12,21-23H,3-8,13-14H2. The maximum Gasteiger partial charge on any atom is 0.0561 e. The number of rotatable bonds is 8. The molecule has 3 N–H and O–H groups in total. The maximum absolute atomic E-state index is 9.04. The molecular formula is C20H25NO2S. The molecule has 1 aliphatic rings. The van der Waals surface area contributed by atoms with Gasteiger partial charge >= 0.3 is 0 Å². The highest BCUT2D eigenvalue weighted by atomic mass is 32.2. The Bertz CT molecular complexity index is 629. The fourth-order valence-electron chi connectivity index (χ4n) is 3.08. The van der Waals surface area contributed by atoms with E-state index in [2.05, 4.69) is 41.7 Å². The Morgan fingerprint density at radius 1 is 0.792 bits per heavy atom. The van der Waals surface area contributed by atoms with Crippen molar-refractivity contribution in [1.82, 2.24) is 0 Å². The maximum atomic E-state index is 9.04. The van der Waals surface area contributed by atoms with Crippen molar-refractivity contribution in [2.24, 2.45) is 0 Å². The monoisotopic (exact) mass is 343 g/mol. The van der Waals surface area contributed by atoms with Crippen molar-refractivity contribution >= 4 is 23.1 Å². The molecule has 4 heteroatoms. The molecule has 128 valence electrons. The van der Waals surface area contributed by atoms with Gasteiger partial charge in [0.05, 0.1) is 11.4 Å². The van der Waals surface area contributed by atoms with Gasteiger partial charge in [-0.25, -0.2) is 0 Å². The number of aliphatic hydroxyl groups is 2. The summed E-state index contributed by atoms with van der Waals surface area (Å²) in [5, 5.41) is 21.7. The number of unbranched alkanes of at least 4 members (excludes halogenated alkanes) is 2. The summed E-state index contributed by atoms with van der Waals surface area (Å²) in [6.45, 7) is 0.516. The Hall–Kier alpha value is -1.49. The number of aryl methyl sites for hydroxylation is 2. The first-order valence-electron chi connectivity index (χ1n) is 8.74. The van der Waals surface area contributed by atoms with Gasteiger partial charge in [0, 0.05) is 23.0 Å². The first-order valence-corrected chi connectivity index (χ1v) is 9.55. The van der Waals surface area contributed by atoms with Crippen LogP contribution in [0, 0.1) is 0 Å². The largest absolute Gasteiger partial charge is 0.396 e. The van der Waals surface area contributed by atoms with Gasteiger partial charge < -0.3 is 15.5 Å². The van der Waals surface area contributed by atoms with Crippen LogP contribution in [-0.4, -0.2) is 23.4 Å². The summed E-state index contributed by atoms with van der Waals surface area (Å²) >= 11 is 1.85. The Labute approximate surface area is 148 Å². The molecule has 0 aromatic heterocycles. The minimum atomic E-state index is 0.256. The van der Waals surface area contributed by atoms with Gasteiger partial charge in [0.15, 0.2) is 0 Å². The lowest BCUT2D eigenvalue weighted by Crippen LogP contribution is -2.06. The summed E-state index contributed by atoms with van der Waals surface area (Å²) < 4.78 is 0. The Morgan fingerprint density at radius 3 is 2.21 bits per heavy atom. The van der Waals surface area contributed by atoms with Crippen LogP contribution in [0.5, 0.6) is 0 Å². The number of hydrogen-bond donors (Lipinski definition) is 3. The molecule has 0 spiro atoms. The summed E-state index contributed by atoms with van der Waals surface area (Å²) in [5.74, 6) is 0. The predicted molar refractivity (Wildman–Crippen MR) is 100 cm³/mol. The van der Waals surface area contributed by atoms with E-state index in [4.69, 9.17) is 10.2 Å². The van der Waals surface area contributed by atoms with Gasteiger partial charge in [-0.1, -0.05) is 36.0 Å². The van der Waals surface area contributed by atoms with Crippen molar-refractivity contribution in [3.8, 4) is 0 Å². The van der Waals surface area contributed by atoms with Crippen LogP contribution in [0.2, 0.25) is 0 Å². The van der Waals surface area contributed by atoms with Crippen molar-refractivity contribution in [3.05, 3.63) is 47.5 Å². The van der Waals surface area contributed by atoms with Crippen molar-refractivity contribution in [1.29, 1.82) is 0 Å². The SMILES string of the molecule is OCCCCc1ccc(CCCCO)c2c1Nc1ccccc1S2. The van der Waals surface area contributed by atoms with Crippen LogP contribution < -0.4 is 5.32 Å². The first kappa shape index (κ1) is 17.3. The molecule has 3 rings (SSSR count). The molecule has 0 fully saturated rings. The molecule has 0 amide bonds. The molecule has 24 heavy (non-hydrogen) atoms. The number of nitrogens with one attached hydrogen (secondary N) is 1. The number of anilines is 2. The Morgan fingerprint density at radius 2 is 1.46 bits per heavy atom. The second-order valence-corrected chi connectivity index (χ2v) is 7.22. The van der Waals surface area contributed by atoms with Gasteiger partial charge in [0.1, 0.15) is 0 Å². The number of aliphatic hydroxyl groups excluding tert-OH is 2. The zero-order valence-electron chi connectivity index (χ0n) is 13.9. The van der Waals surface area contributed by atoms with Crippen molar-refractivity contribution in [2.45, 2.75) is 48.3 Å². The second kappa shape index (κ2) is 8.56. The van der Waals surface area contributed by atoms with Gasteiger partial charge in [-0.3, -0.25) is 0 Å². The molecule has 3 nitrogen and oxygen atoms in total. The molecule has 2 aromatic carbocycles. The Balaban J connectivity index is 1.89. The molecular weight excluding hydrogens is 318 g/mol. The van der Waals surface area contributed by atoms with Crippen LogP contribution in [0.15, 0.2) is 46.2 Å². The summed E-state index contributed by atoms with van der Waals surface area (Å²) in [6, 6.07) is 12.9. The fourth-order valence-corrected chi connectivity index (χ4v) is 4.26. The van der Waals surface area contributed by atoms with Gasteiger partial charge in [-0.15, -0.1) is 0 Å². The smallest absolute Gasteiger partial charge is 0.0561 e. The van der Waals surface area contributed by atoms with E-state index in [1.807, 2.05) is 11.8 Å². The van der Waals surface area contributed by atoms with E-state index in [1.165, 1.54) is 32.3 Å². The number of para-hydroxylation sites is 1. The third kappa shape index (κ3) is 3.94. The zero-order chi connectivity index (χ0) is 16.8. The second-order valence-electron chi connectivity index (χ2n) is 6.17. The molecule has 0 saturated carbocycles. The van der Waals surface area contributed by atoms with E-state index in [0.717, 1.165) is 38.5 Å². The normalized spacial score (nSPS) is 12.4. The zero-order valence-corrected chi connectivity index (χ0v) is 14.7. The Kier molecular flexibility index (Phi) is 6.18. The highest BCUT2D eigenvalue weighted by Gasteiger charge is 2.21. The number of hydrogen-bond acceptors (Lipinski definition) is 4. The third-order valence-electron chi connectivity index (χ3n) is 4.39. The molecule has 0 radical (unpaired) electrons. The molecule has 2 aromatic rings. The minimum absolute atomic E-state index is 0.256. The van der Waals surface area contributed by atoms with E-state index in [1.54, 1.807) is 0 Å². The highest BCUT2D eigenvalue weighted by Crippen LogP contribution is 2.47. The molecule has 0 saturated heterocycles. The van der Waals surface area contributed by atoms with Crippen molar-refractivity contribution in [3.63, 3.8) is 0 Å². The van der Waals surface area contributed by atoms with Gasteiger partial charge in [0.25, 0.3) is 0 Å². The predicted octanol–water partition coefficient (Wildman–Crippen LogP) is 4.52. The summed E-state index contributed by atoms with van der Waals surface area (Å²) in [7, 11) is 0. The van der Waals surface area contributed by atoms with Gasteiger partial charge in [-0.2, -0.15) is 0 Å². The molecule has 0 aliphatic carbocycles. The lowest BCUT2D eigenvalue weighted by atomic mass is 10.00. The third-order valence-corrected chi connectivity index (χ3v) is 5.64. The number of benzene rings is 2. The quantitative estimate of drug-likeness (QED) is 0.526. The van der Waals surface area contributed by atoms with E-state index in [9.17, 15) is 0 Å². The van der Waals surface area contributed by atoms with Crippen LogP contribution in [0.3, 0.4) is 0 Å². The van der Waals surface area contributed by atoms with Gasteiger partial charge in [0.2, 0.25) is 0 Å². The van der Waals surface area contributed by atoms with Crippen LogP contribution in [0.25, 0.3) is 0 Å². The molecule has 0 atom stereocenters. The van der Waals surface area contributed by atoms with E-state index >= 15 is 0 Å². The molecule has 1 heterocycles. The van der Waals surface area contributed by atoms with Gasteiger partial charge in [-0.05, 0) is 61.8 Å². The van der Waals surface area contributed by atoms with E-state index in [0.29, 0.717) is 0 Å². The fraction of sp³-hybridized carbons (Fsp3) is 0.400. The minimum Gasteiger partial charge on any atom is -0.396 e. The van der Waals surface area contributed by atoms with Crippen LogP contribution in [0.1, 0.15) is 36.8 Å². The molecule has 0 bridgehead atoms. The summed E-state index contributed by atoms with van der Waals surface area (Å²) in [5.41, 5.74) is 5.09. The van der Waals surface area contributed by atoms with Crippen molar-refractivity contribution in [2.75, 3.05) is 18.5 Å². The molecule has 1 aliphatic heterocycles. The summed E-state index contributed by atoms with van der Waals surface area (Å²) in [4.78, 5) is 2.59. The summed E-state index contributed by atoms with van der Waals surface area (Å²) in [6.07, 6.45) is 5.68. The first-order chi connectivity index (χ1) is 11.8. The average Bonchev–Trinajstić information content (AvgIpc) is 2.62. The topological polar surface area (TPSA) is 52.5 Å².